The van der Waals surface area contributed by atoms with Gasteiger partial charge in [0, 0.05) is 37.3 Å². The van der Waals surface area contributed by atoms with Gasteiger partial charge in [0.1, 0.15) is 0 Å². The molecule has 0 bridgehead atoms. The fraction of sp³-hybridized carbons (Fsp3) is 0.632. The fourth-order valence-corrected chi connectivity index (χ4v) is 3.79. The van der Waals surface area contributed by atoms with Crippen molar-refractivity contribution < 1.29 is 4.79 Å². The number of likely N-dealkylation sites (tertiary alicyclic amines) is 1. The van der Waals surface area contributed by atoms with Crippen molar-refractivity contribution in [1.29, 1.82) is 0 Å². The number of nitrogens with one attached hydrogen (secondary N) is 1. The summed E-state index contributed by atoms with van der Waals surface area (Å²) in [6.07, 6.45) is 3.03. The normalized spacial score (nSPS) is 21.7. The van der Waals surface area contributed by atoms with Gasteiger partial charge in [0.15, 0.2) is 0 Å². The summed E-state index contributed by atoms with van der Waals surface area (Å²) in [5.41, 5.74) is 3.36. The first-order chi connectivity index (χ1) is 11.0. The molecule has 2 heterocycles. The van der Waals surface area contributed by atoms with Crippen LogP contribution in [-0.2, 0) is 13.0 Å². The average molecular weight is 315 g/mol. The lowest BCUT2D eigenvalue weighted by atomic mass is 9.88. The maximum atomic E-state index is 12.9. The second kappa shape index (κ2) is 6.62. The van der Waals surface area contributed by atoms with E-state index in [4.69, 9.17) is 0 Å². The van der Waals surface area contributed by atoms with Crippen LogP contribution in [0, 0.1) is 0 Å². The van der Waals surface area contributed by atoms with Gasteiger partial charge >= 0.3 is 0 Å². The predicted molar refractivity (Wildman–Crippen MR) is 93.7 cm³/mol. The molecule has 0 atom stereocenters. The Labute approximate surface area is 139 Å². The number of carbonyl (C=O) groups excluding carboxylic acids is 1. The van der Waals surface area contributed by atoms with Crippen LogP contribution in [0.3, 0.4) is 0 Å². The number of likely N-dealkylation sites (N-methyl/N-ethyl adjacent to an activating group) is 1. The van der Waals surface area contributed by atoms with Gasteiger partial charge in [-0.1, -0.05) is 19.1 Å². The Morgan fingerprint density at radius 1 is 1.26 bits per heavy atom. The summed E-state index contributed by atoms with van der Waals surface area (Å²) in [5, 5.41) is 3.34. The van der Waals surface area contributed by atoms with Crippen molar-refractivity contribution in [3.63, 3.8) is 0 Å². The first-order valence-electron chi connectivity index (χ1n) is 8.85. The Bertz CT molecular complexity index is 576. The van der Waals surface area contributed by atoms with Crippen molar-refractivity contribution in [3.8, 4) is 0 Å². The zero-order valence-electron chi connectivity index (χ0n) is 14.7. The summed E-state index contributed by atoms with van der Waals surface area (Å²) in [4.78, 5) is 17.6. The van der Waals surface area contributed by atoms with Crippen LogP contribution < -0.4 is 5.32 Å². The molecule has 0 radical (unpaired) electrons. The summed E-state index contributed by atoms with van der Waals surface area (Å²) in [7, 11) is 2.14. The van der Waals surface area contributed by atoms with Crippen molar-refractivity contribution in [2.75, 3.05) is 33.2 Å². The Morgan fingerprint density at radius 2 is 2.00 bits per heavy atom. The van der Waals surface area contributed by atoms with Crippen LogP contribution in [-0.4, -0.2) is 54.5 Å². The van der Waals surface area contributed by atoms with Crippen LogP contribution in [0.4, 0.5) is 0 Å². The highest BCUT2D eigenvalue weighted by atomic mass is 16.1. The van der Waals surface area contributed by atoms with Crippen LogP contribution in [0.1, 0.15) is 48.2 Å². The zero-order valence-corrected chi connectivity index (χ0v) is 14.7. The molecule has 1 amide bonds. The molecule has 0 spiro atoms. The van der Waals surface area contributed by atoms with Gasteiger partial charge in [0.25, 0.3) is 5.91 Å². The number of carbonyl (C=O) groups is 1. The first-order valence-corrected chi connectivity index (χ1v) is 8.85. The van der Waals surface area contributed by atoms with Crippen LogP contribution in [0.5, 0.6) is 0 Å². The summed E-state index contributed by atoms with van der Waals surface area (Å²) in [6, 6.07) is 6.17. The lowest BCUT2D eigenvalue weighted by molar-refractivity contribution is 0.0837. The van der Waals surface area contributed by atoms with Crippen molar-refractivity contribution in [2.45, 2.75) is 45.2 Å². The summed E-state index contributed by atoms with van der Waals surface area (Å²) in [5.74, 6) is 0.110. The number of nitrogens with zero attached hydrogens (tertiary/aromatic N) is 2. The molecule has 1 N–H and O–H groups in total. The second-order valence-corrected chi connectivity index (χ2v) is 7.38. The minimum Gasteiger partial charge on any atom is -0.347 e. The zero-order chi connectivity index (χ0) is 16.4. The third-order valence-corrected chi connectivity index (χ3v) is 5.52. The molecule has 4 heteroatoms. The molecule has 23 heavy (non-hydrogen) atoms. The van der Waals surface area contributed by atoms with E-state index in [0.29, 0.717) is 0 Å². The van der Waals surface area contributed by atoms with E-state index in [9.17, 15) is 4.79 Å². The highest BCUT2D eigenvalue weighted by Gasteiger charge is 2.32. The van der Waals surface area contributed by atoms with E-state index in [0.717, 1.165) is 57.5 Å². The van der Waals surface area contributed by atoms with E-state index in [1.54, 1.807) is 0 Å². The average Bonchev–Trinajstić information content (AvgIpc) is 2.54. The van der Waals surface area contributed by atoms with Gasteiger partial charge in [-0.05, 0) is 57.0 Å². The Kier molecular flexibility index (Phi) is 4.74. The number of benzene rings is 1. The fourth-order valence-electron chi connectivity index (χ4n) is 3.79. The maximum Gasteiger partial charge on any atom is 0.251 e. The van der Waals surface area contributed by atoms with Crippen molar-refractivity contribution in [1.82, 2.24) is 15.1 Å². The topological polar surface area (TPSA) is 35.6 Å². The number of piperidine rings is 1. The van der Waals surface area contributed by atoms with Crippen molar-refractivity contribution in [3.05, 3.63) is 34.9 Å². The number of rotatable bonds is 3. The minimum absolute atomic E-state index is 0.0725. The molecule has 126 valence electrons. The van der Waals surface area contributed by atoms with Crippen LogP contribution in [0.2, 0.25) is 0 Å². The molecule has 1 saturated heterocycles. The molecule has 3 rings (SSSR count). The van der Waals surface area contributed by atoms with Crippen LogP contribution in [0.25, 0.3) is 0 Å². The standard InChI is InChI=1S/C19H29N3O/c1-4-22-12-9-19(2,10-13-22)20-18(23)17-7-5-6-15-14-21(3)11-8-16(15)17/h5-7H,4,8-14H2,1-3H3,(H,20,23). The first kappa shape index (κ1) is 16.5. The molecular formula is C19H29N3O. The van der Waals surface area contributed by atoms with Gasteiger partial charge in [-0.2, -0.15) is 0 Å². The van der Waals surface area contributed by atoms with E-state index < -0.39 is 0 Å². The van der Waals surface area contributed by atoms with Gasteiger partial charge in [-0.3, -0.25) is 4.79 Å². The van der Waals surface area contributed by atoms with Crippen LogP contribution >= 0.6 is 0 Å². The maximum absolute atomic E-state index is 12.9. The van der Waals surface area contributed by atoms with Gasteiger partial charge in [0.05, 0.1) is 0 Å². The number of hydrogen-bond donors (Lipinski definition) is 1. The van der Waals surface area contributed by atoms with E-state index in [-0.39, 0.29) is 11.4 Å². The quantitative estimate of drug-likeness (QED) is 0.929. The molecule has 1 aromatic carbocycles. The monoisotopic (exact) mass is 315 g/mol. The van der Waals surface area contributed by atoms with Crippen molar-refractivity contribution in [2.24, 2.45) is 0 Å². The molecule has 2 aliphatic heterocycles. The number of hydrogen-bond acceptors (Lipinski definition) is 3. The molecule has 0 aliphatic carbocycles. The molecule has 4 nitrogen and oxygen atoms in total. The van der Waals surface area contributed by atoms with E-state index in [2.05, 4.69) is 42.1 Å². The number of fused-ring (bicyclic) bond motifs is 1. The van der Waals surface area contributed by atoms with Gasteiger partial charge in [-0.15, -0.1) is 0 Å². The Morgan fingerprint density at radius 3 is 2.70 bits per heavy atom. The third kappa shape index (κ3) is 3.59. The summed E-state index contributed by atoms with van der Waals surface area (Å²) >= 11 is 0. The number of amides is 1. The molecule has 2 aliphatic rings. The van der Waals surface area contributed by atoms with Crippen LogP contribution in [0.15, 0.2) is 18.2 Å². The SMILES string of the molecule is CCN1CCC(C)(NC(=O)c2cccc3c2CCN(C)C3)CC1. The van der Waals surface area contributed by atoms with Gasteiger partial charge in [-0.25, -0.2) is 0 Å². The van der Waals surface area contributed by atoms with Gasteiger partial charge in [0.2, 0.25) is 0 Å². The molecule has 1 aromatic rings. The highest BCUT2D eigenvalue weighted by molar-refractivity contribution is 5.96. The largest absolute Gasteiger partial charge is 0.347 e. The molecular weight excluding hydrogens is 286 g/mol. The summed E-state index contributed by atoms with van der Waals surface area (Å²) < 4.78 is 0. The van der Waals surface area contributed by atoms with Crippen molar-refractivity contribution >= 4 is 5.91 Å². The smallest absolute Gasteiger partial charge is 0.251 e. The lowest BCUT2D eigenvalue weighted by Crippen LogP contribution is -2.53. The van der Waals surface area contributed by atoms with Gasteiger partial charge < -0.3 is 15.1 Å². The van der Waals surface area contributed by atoms with E-state index >= 15 is 0 Å². The lowest BCUT2D eigenvalue weighted by Gasteiger charge is -2.40. The molecule has 0 unspecified atom stereocenters. The Hall–Kier alpha value is -1.39. The summed E-state index contributed by atoms with van der Waals surface area (Å²) in [6.45, 7) is 9.62. The van der Waals surface area contributed by atoms with E-state index in [1.807, 2.05) is 12.1 Å². The van der Waals surface area contributed by atoms with E-state index in [1.165, 1.54) is 11.1 Å². The third-order valence-electron chi connectivity index (χ3n) is 5.52. The molecule has 0 aromatic heterocycles. The minimum atomic E-state index is -0.0725. The molecule has 1 fully saturated rings. The predicted octanol–water partition coefficient (Wildman–Crippen LogP) is 2.28. The Balaban J connectivity index is 1.73. The highest BCUT2D eigenvalue weighted by Crippen LogP contribution is 2.25. The molecule has 0 saturated carbocycles. The second-order valence-electron chi connectivity index (χ2n) is 7.38.